The van der Waals surface area contributed by atoms with E-state index in [2.05, 4.69) is 34.7 Å². The lowest BCUT2D eigenvalue weighted by atomic mass is 9.95. The molecule has 2 aromatic rings. The third-order valence-electron chi connectivity index (χ3n) is 4.13. The fourth-order valence-corrected chi connectivity index (χ4v) is 3.23. The maximum Gasteiger partial charge on any atom is 0.155 e. The van der Waals surface area contributed by atoms with Crippen molar-refractivity contribution in [1.82, 2.24) is 19.3 Å². The second-order valence-corrected chi connectivity index (χ2v) is 5.44. The number of nitrogens with zero attached hydrogens (tertiary/aromatic N) is 4. The molecule has 2 unspecified atom stereocenters. The van der Waals surface area contributed by atoms with Crippen molar-refractivity contribution in [3.63, 3.8) is 0 Å². The van der Waals surface area contributed by atoms with Crippen LogP contribution in [-0.4, -0.2) is 24.4 Å². The fourth-order valence-electron chi connectivity index (χ4n) is 3.23. The number of aliphatic hydroxyl groups excluding tert-OH is 1. The van der Waals surface area contributed by atoms with Crippen LogP contribution in [0.2, 0.25) is 0 Å². The topological polar surface area (TPSA) is 55.9 Å². The molecule has 2 atom stereocenters. The third-order valence-corrected chi connectivity index (χ3v) is 4.13. The summed E-state index contributed by atoms with van der Waals surface area (Å²) in [5.74, 6) is 0.946. The highest BCUT2D eigenvalue weighted by Crippen LogP contribution is 2.34. The van der Waals surface area contributed by atoms with Gasteiger partial charge in [-0.15, -0.1) is 10.2 Å². The summed E-state index contributed by atoms with van der Waals surface area (Å²) in [4.78, 5) is 0. The molecule has 0 spiro atoms. The summed E-state index contributed by atoms with van der Waals surface area (Å²) < 4.78 is 4.25. The Labute approximate surface area is 112 Å². The predicted octanol–water partition coefficient (Wildman–Crippen LogP) is 1.90. The number of rotatable bonds is 2. The van der Waals surface area contributed by atoms with Crippen molar-refractivity contribution in [2.24, 2.45) is 7.05 Å². The minimum atomic E-state index is -0.310. The van der Waals surface area contributed by atoms with Crippen LogP contribution < -0.4 is 0 Å². The maximum atomic E-state index is 10.1. The van der Waals surface area contributed by atoms with Crippen molar-refractivity contribution in [3.8, 4) is 0 Å². The summed E-state index contributed by atoms with van der Waals surface area (Å²) >= 11 is 0. The average Bonchev–Trinajstić information content (AvgIpc) is 2.93. The zero-order valence-electron chi connectivity index (χ0n) is 11.7. The van der Waals surface area contributed by atoms with Crippen LogP contribution >= 0.6 is 0 Å². The van der Waals surface area contributed by atoms with Gasteiger partial charge in [0.25, 0.3) is 0 Å². The lowest BCUT2D eigenvalue weighted by Crippen LogP contribution is -2.18. The number of fused-ring (bicyclic) bond motifs is 1. The van der Waals surface area contributed by atoms with Crippen LogP contribution in [0.4, 0.5) is 0 Å². The van der Waals surface area contributed by atoms with Gasteiger partial charge in [-0.3, -0.25) is 0 Å². The lowest BCUT2D eigenvalue weighted by Gasteiger charge is -2.23. The largest absolute Gasteiger partial charge is 0.388 e. The number of aryl methyl sites for hydroxylation is 2. The first kappa shape index (κ1) is 12.4. The van der Waals surface area contributed by atoms with Gasteiger partial charge in [-0.25, -0.2) is 0 Å². The standard InChI is InChI=1S/C14H20N4O/c1-9-7-11-12(5-4-6-13(11)19)18(9)10(2)14-16-15-8-17(14)3/h7-8,10,13,19H,4-6H2,1-3H3. The normalized spacial score (nSPS) is 20.3. The number of aliphatic hydroxyl groups is 1. The third kappa shape index (κ3) is 1.89. The molecule has 3 rings (SSSR count). The van der Waals surface area contributed by atoms with Crippen LogP contribution in [0, 0.1) is 6.92 Å². The molecule has 1 N–H and O–H groups in total. The van der Waals surface area contributed by atoms with Crippen molar-refractivity contribution < 1.29 is 5.11 Å². The molecule has 0 aromatic carbocycles. The van der Waals surface area contributed by atoms with Gasteiger partial charge in [-0.2, -0.15) is 0 Å². The number of aromatic nitrogens is 4. The van der Waals surface area contributed by atoms with Gasteiger partial charge in [0.15, 0.2) is 5.82 Å². The van der Waals surface area contributed by atoms with Gasteiger partial charge in [-0.05, 0) is 39.2 Å². The highest BCUT2D eigenvalue weighted by Gasteiger charge is 2.26. The SMILES string of the molecule is Cc1cc2c(n1C(C)c1nncn1C)CCCC2O. The van der Waals surface area contributed by atoms with Crippen molar-refractivity contribution in [2.45, 2.75) is 45.3 Å². The molecule has 19 heavy (non-hydrogen) atoms. The first-order valence-electron chi connectivity index (χ1n) is 6.82. The van der Waals surface area contributed by atoms with Gasteiger partial charge < -0.3 is 14.2 Å². The first-order chi connectivity index (χ1) is 9.09. The van der Waals surface area contributed by atoms with Crippen molar-refractivity contribution >= 4 is 0 Å². The molecule has 1 aliphatic rings. The molecule has 1 aliphatic carbocycles. The summed E-state index contributed by atoms with van der Waals surface area (Å²) in [5.41, 5.74) is 3.53. The van der Waals surface area contributed by atoms with Gasteiger partial charge >= 0.3 is 0 Å². The van der Waals surface area contributed by atoms with E-state index in [4.69, 9.17) is 0 Å². The molecule has 5 nitrogen and oxygen atoms in total. The van der Waals surface area contributed by atoms with Gasteiger partial charge in [0.1, 0.15) is 6.33 Å². The van der Waals surface area contributed by atoms with E-state index < -0.39 is 0 Å². The fraction of sp³-hybridized carbons (Fsp3) is 0.571. The van der Waals surface area contributed by atoms with E-state index in [1.165, 1.54) is 11.4 Å². The van der Waals surface area contributed by atoms with Crippen molar-refractivity contribution in [1.29, 1.82) is 0 Å². The van der Waals surface area contributed by atoms with E-state index >= 15 is 0 Å². The second kappa shape index (κ2) is 4.49. The summed E-state index contributed by atoms with van der Waals surface area (Å²) in [6.45, 7) is 4.23. The van der Waals surface area contributed by atoms with E-state index in [1.807, 2.05) is 11.6 Å². The Hall–Kier alpha value is -1.62. The molecule has 0 saturated heterocycles. The Morgan fingerprint density at radius 3 is 2.95 bits per heavy atom. The van der Waals surface area contributed by atoms with Crippen molar-refractivity contribution in [3.05, 3.63) is 35.2 Å². The minimum Gasteiger partial charge on any atom is -0.388 e. The van der Waals surface area contributed by atoms with Gasteiger partial charge in [0.2, 0.25) is 0 Å². The molecule has 0 fully saturated rings. The highest BCUT2D eigenvalue weighted by molar-refractivity contribution is 5.33. The van der Waals surface area contributed by atoms with Gasteiger partial charge in [-0.1, -0.05) is 0 Å². The maximum absolute atomic E-state index is 10.1. The lowest BCUT2D eigenvalue weighted by molar-refractivity contribution is 0.155. The van der Waals surface area contributed by atoms with E-state index in [9.17, 15) is 5.11 Å². The van der Waals surface area contributed by atoms with E-state index in [1.54, 1.807) is 6.33 Å². The predicted molar refractivity (Wildman–Crippen MR) is 71.9 cm³/mol. The molecular weight excluding hydrogens is 240 g/mol. The average molecular weight is 260 g/mol. The van der Waals surface area contributed by atoms with E-state index in [-0.39, 0.29) is 12.1 Å². The zero-order chi connectivity index (χ0) is 13.6. The number of hydrogen-bond acceptors (Lipinski definition) is 3. The van der Waals surface area contributed by atoms with Crippen LogP contribution in [-0.2, 0) is 13.5 Å². The van der Waals surface area contributed by atoms with Crippen molar-refractivity contribution in [2.75, 3.05) is 0 Å². The van der Waals surface area contributed by atoms with Crippen LogP contribution in [0.25, 0.3) is 0 Å². The van der Waals surface area contributed by atoms with Gasteiger partial charge in [0.05, 0.1) is 12.1 Å². The highest BCUT2D eigenvalue weighted by atomic mass is 16.3. The van der Waals surface area contributed by atoms with E-state index in [0.717, 1.165) is 30.7 Å². The van der Waals surface area contributed by atoms with Crippen LogP contribution in [0.1, 0.15) is 54.7 Å². The molecule has 0 bridgehead atoms. The second-order valence-electron chi connectivity index (χ2n) is 5.44. The first-order valence-corrected chi connectivity index (χ1v) is 6.82. The Bertz CT molecular complexity index is 599. The van der Waals surface area contributed by atoms with Gasteiger partial charge in [0, 0.05) is 24.0 Å². The molecular formula is C14H20N4O. The molecule has 0 radical (unpaired) electrons. The molecule has 2 aromatic heterocycles. The molecule has 2 heterocycles. The summed E-state index contributed by atoms with van der Waals surface area (Å²) in [6, 6.07) is 2.26. The summed E-state index contributed by atoms with van der Waals surface area (Å²) in [7, 11) is 1.96. The Morgan fingerprint density at radius 1 is 1.47 bits per heavy atom. The summed E-state index contributed by atoms with van der Waals surface area (Å²) in [5, 5.41) is 18.3. The van der Waals surface area contributed by atoms with Crippen LogP contribution in [0.5, 0.6) is 0 Å². The quantitative estimate of drug-likeness (QED) is 0.897. The van der Waals surface area contributed by atoms with E-state index in [0.29, 0.717) is 0 Å². The molecule has 102 valence electrons. The Kier molecular flexibility index (Phi) is 2.93. The molecule has 5 heteroatoms. The minimum absolute atomic E-state index is 0.140. The monoisotopic (exact) mass is 260 g/mol. The smallest absolute Gasteiger partial charge is 0.155 e. The summed E-state index contributed by atoms with van der Waals surface area (Å²) in [6.07, 6.45) is 4.36. The number of hydrogen-bond donors (Lipinski definition) is 1. The van der Waals surface area contributed by atoms with Crippen LogP contribution in [0.3, 0.4) is 0 Å². The zero-order valence-corrected chi connectivity index (χ0v) is 11.7. The molecule has 0 amide bonds. The Morgan fingerprint density at radius 2 is 2.26 bits per heavy atom. The Balaban J connectivity index is 2.08. The molecule has 0 aliphatic heterocycles. The van der Waals surface area contributed by atoms with Crippen LogP contribution in [0.15, 0.2) is 12.4 Å². The molecule has 0 saturated carbocycles.